The zero-order chi connectivity index (χ0) is 11.3. The monoisotopic (exact) mass is 205 g/mol. The Bertz CT molecular complexity index is 266. The molecule has 1 aromatic carbocycles. The second-order valence-corrected chi connectivity index (χ2v) is 4.61. The first-order chi connectivity index (χ1) is 7.15. The summed E-state index contributed by atoms with van der Waals surface area (Å²) in [6.07, 6.45) is 1.18. The minimum absolute atomic E-state index is 0.473. The van der Waals surface area contributed by atoms with Gasteiger partial charge in [0.15, 0.2) is 0 Å². The van der Waals surface area contributed by atoms with Crippen LogP contribution in [0.4, 0.5) is 0 Å². The van der Waals surface area contributed by atoms with Gasteiger partial charge in [0.25, 0.3) is 0 Å². The number of hydrogen-bond donors (Lipinski definition) is 1. The van der Waals surface area contributed by atoms with Crippen molar-refractivity contribution in [3.8, 4) is 0 Å². The van der Waals surface area contributed by atoms with Gasteiger partial charge in [-0.2, -0.15) is 0 Å². The summed E-state index contributed by atoms with van der Waals surface area (Å²) in [7, 11) is 0. The van der Waals surface area contributed by atoms with Crippen molar-refractivity contribution in [1.82, 2.24) is 5.32 Å². The van der Waals surface area contributed by atoms with Crippen LogP contribution in [0.15, 0.2) is 30.3 Å². The Hall–Kier alpha value is -0.820. The van der Waals surface area contributed by atoms with Crippen LogP contribution in [-0.2, 0) is 0 Å². The molecule has 1 heteroatoms. The molecule has 0 fully saturated rings. The molecule has 0 radical (unpaired) electrons. The number of nitrogens with one attached hydrogen (secondary N) is 1. The van der Waals surface area contributed by atoms with Crippen molar-refractivity contribution in [3.63, 3.8) is 0 Å². The molecule has 1 nitrogen and oxygen atoms in total. The lowest BCUT2D eigenvalue weighted by atomic mass is 9.95. The predicted molar refractivity (Wildman–Crippen MR) is 66.9 cm³/mol. The molecule has 0 saturated heterocycles. The van der Waals surface area contributed by atoms with Crippen molar-refractivity contribution in [3.05, 3.63) is 35.9 Å². The van der Waals surface area contributed by atoms with Crippen molar-refractivity contribution < 1.29 is 0 Å². The lowest BCUT2D eigenvalue weighted by Gasteiger charge is -2.26. The van der Waals surface area contributed by atoms with E-state index in [1.807, 2.05) is 0 Å². The van der Waals surface area contributed by atoms with Crippen LogP contribution in [0.1, 0.15) is 45.7 Å². The van der Waals surface area contributed by atoms with Gasteiger partial charge >= 0.3 is 0 Å². The average Bonchev–Trinajstić information content (AvgIpc) is 2.26. The summed E-state index contributed by atoms with van der Waals surface area (Å²) in [5.74, 6) is 0.626. The Labute approximate surface area is 93.9 Å². The van der Waals surface area contributed by atoms with Gasteiger partial charge < -0.3 is 5.32 Å². The Morgan fingerprint density at radius 1 is 1.07 bits per heavy atom. The van der Waals surface area contributed by atoms with Gasteiger partial charge in [-0.15, -0.1) is 0 Å². The van der Waals surface area contributed by atoms with Gasteiger partial charge in [0.2, 0.25) is 0 Å². The van der Waals surface area contributed by atoms with Crippen LogP contribution in [0.25, 0.3) is 0 Å². The highest BCUT2D eigenvalue weighted by molar-refractivity contribution is 5.19. The molecule has 15 heavy (non-hydrogen) atoms. The smallest absolute Gasteiger partial charge is 0.0345 e. The van der Waals surface area contributed by atoms with Gasteiger partial charge in [0.05, 0.1) is 0 Å². The molecule has 1 aromatic rings. The Morgan fingerprint density at radius 3 is 2.13 bits per heavy atom. The van der Waals surface area contributed by atoms with E-state index >= 15 is 0 Å². The lowest BCUT2D eigenvalue weighted by Crippen LogP contribution is -2.32. The van der Waals surface area contributed by atoms with Gasteiger partial charge in [0, 0.05) is 12.1 Å². The standard InChI is InChI=1S/C14H23N/c1-5-12(4)15-14(11(2)3)13-9-7-6-8-10-13/h6-12,14-15H,5H2,1-4H3/t12-,14-/m1/s1. The van der Waals surface area contributed by atoms with Crippen molar-refractivity contribution in [2.24, 2.45) is 5.92 Å². The second kappa shape index (κ2) is 5.92. The highest BCUT2D eigenvalue weighted by atomic mass is 14.9. The largest absolute Gasteiger partial charge is 0.307 e. The maximum absolute atomic E-state index is 3.68. The van der Waals surface area contributed by atoms with E-state index in [2.05, 4.69) is 63.3 Å². The maximum Gasteiger partial charge on any atom is 0.0345 e. The SMILES string of the molecule is CC[C@@H](C)N[C@@H](c1ccccc1)C(C)C. The fourth-order valence-corrected chi connectivity index (χ4v) is 1.76. The molecule has 0 bridgehead atoms. The van der Waals surface area contributed by atoms with Crippen LogP contribution >= 0.6 is 0 Å². The molecule has 2 atom stereocenters. The topological polar surface area (TPSA) is 12.0 Å². The predicted octanol–water partition coefficient (Wildman–Crippen LogP) is 3.77. The Balaban J connectivity index is 2.75. The fourth-order valence-electron chi connectivity index (χ4n) is 1.76. The van der Waals surface area contributed by atoms with Crippen molar-refractivity contribution in [2.75, 3.05) is 0 Å². The van der Waals surface area contributed by atoms with E-state index in [0.29, 0.717) is 18.0 Å². The van der Waals surface area contributed by atoms with Crippen LogP contribution in [0, 0.1) is 5.92 Å². The summed E-state index contributed by atoms with van der Waals surface area (Å²) in [5, 5.41) is 3.68. The molecule has 0 spiro atoms. The van der Waals surface area contributed by atoms with Crippen molar-refractivity contribution >= 4 is 0 Å². The third-order valence-corrected chi connectivity index (χ3v) is 2.90. The normalized spacial score (nSPS) is 15.3. The molecule has 0 aliphatic heterocycles. The number of hydrogen-bond acceptors (Lipinski definition) is 1. The molecular formula is C14H23N. The van der Waals surface area contributed by atoms with E-state index in [-0.39, 0.29) is 0 Å². The third kappa shape index (κ3) is 3.67. The molecule has 0 aromatic heterocycles. The summed E-state index contributed by atoms with van der Waals surface area (Å²) in [6, 6.07) is 11.8. The van der Waals surface area contributed by atoms with Crippen molar-refractivity contribution in [1.29, 1.82) is 0 Å². The van der Waals surface area contributed by atoms with Gasteiger partial charge in [0.1, 0.15) is 0 Å². The molecule has 0 saturated carbocycles. The summed E-state index contributed by atoms with van der Waals surface area (Å²) in [6.45, 7) is 9.01. The molecule has 0 aliphatic rings. The first-order valence-electron chi connectivity index (χ1n) is 5.96. The minimum atomic E-state index is 0.473. The molecule has 0 unspecified atom stereocenters. The number of benzene rings is 1. The number of rotatable bonds is 5. The van der Waals surface area contributed by atoms with Gasteiger partial charge in [-0.3, -0.25) is 0 Å². The third-order valence-electron chi connectivity index (χ3n) is 2.90. The summed E-state index contributed by atoms with van der Waals surface area (Å²) >= 11 is 0. The van der Waals surface area contributed by atoms with E-state index < -0.39 is 0 Å². The highest BCUT2D eigenvalue weighted by Crippen LogP contribution is 2.22. The van der Waals surface area contributed by atoms with E-state index in [9.17, 15) is 0 Å². The molecule has 1 rings (SSSR count). The molecule has 1 N–H and O–H groups in total. The van der Waals surface area contributed by atoms with Crippen LogP contribution in [-0.4, -0.2) is 6.04 Å². The van der Waals surface area contributed by atoms with Gasteiger partial charge in [-0.1, -0.05) is 51.1 Å². The molecule has 0 aliphatic carbocycles. The Morgan fingerprint density at radius 2 is 1.67 bits per heavy atom. The zero-order valence-electron chi connectivity index (χ0n) is 10.3. The van der Waals surface area contributed by atoms with Crippen LogP contribution in [0.3, 0.4) is 0 Å². The van der Waals surface area contributed by atoms with Crippen LogP contribution < -0.4 is 5.32 Å². The summed E-state index contributed by atoms with van der Waals surface area (Å²) < 4.78 is 0. The van der Waals surface area contributed by atoms with Crippen LogP contribution in [0.5, 0.6) is 0 Å². The van der Waals surface area contributed by atoms with Crippen molar-refractivity contribution in [2.45, 2.75) is 46.2 Å². The summed E-state index contributed by atoms with van der Waals surface area (Å²) in [5.41, 5.74) is 1.40. The van der Waals surface area contributed by atoms with Gasteiger partial charge in [-0.25, -0.2) is 0 Å². The Kier molecular flexibility index (Phi) is 4.83. The van der Waals surface area contributed by atoms with Crippen LogP contribution in [0.2, 0.25) is 0 Å². The quantitative estimate of drug-likeness (QED) is 0.771. The molecule has 0 amide bonds. The van der Waals surface area contributed by atoms with E-state index in [0.717, 1.165) is 0 Å². The average molecular weight is 205 g/mol. The lowest BCUT2D eigenvalue weighted by molar-refractivity contribution is 0.365. The van der Waals surface area contributed by atoms with Gasteiger partial charge in [-0.05, 0) is 24.8 Å². The van der Waals surface area contributed by atoms with E-state index in [1.165, 1.54) is 12.0 Å². The van der Waals surface area contributed by atoms with E-state index in [1.54, 1.807) is 0 Å². The minimum Gasteiger partial charge on any atom is -0.307 e. The summed E-state index contributed by atoms with van der Waals surface area (Å²) in [4.78, 5) is 0. The second-order valence-electron chi connectivity index (χ2n) is 4.61. The fraction of sp³-hybridized carbons (Fsp3) is 0.571. The molecular weight excluding hydrogens is 182 g/mol. The van der Waals surface area contributed by atoms with E-state index in [4.69, 9.17) is 0 Å². The molecule has 84 valence electrons. The first-order valence-corrected chi connectivity index (χ1v) is 5.96. The maximum atomic E-state index is 3.68. The zero-order valence-corrected chi connectivity index (χ0v) is 10.3. The highest BCUT2D eigenvalue weighted by Gasteiger charge is 2.16. The first kappa shape index (κ1) is 12.3. The molecule has 0 heterocycles.